The van der Waals surface area contributed by atoms with Crippen molar-refractivity contribution in [2.75, 3.05) is 0 Å². The topological polar surface area (TPSA) is 74.6 Å². The second-order valence-corrected chi connectivity index (χ2v) is 4.08. The minimum atomic E-state index is -0.693. The smallest absolute Gasteiger partial charge is 0.306 e. The zero-order chi connectivity index (χ0) is 13.7. The molecule has 0 radical (unpaired) electrons. The van der Waals surface area contributed by atoms with Crippen LogP contribution in [-0.2, 0) is 9.59 Å². The van der Waals surface area contributed by atoms with E-state index in [0.29, 0.717) is 6.42 Å². The summed E-state index contributed by atoms with van der Waals surface area (Å²) in [6.45, 7) is 5.98. The third-order valence-electron chi connectivity index (χ3n) is 2.49. The number of carboxylic acids is 2. The van der Waals surface area contributed by atoms with E-state index in [-0.39, 0.29) is 5.92 Å². The highest BCUT2D eigenvalue weighted by Gasteiger charge is 2.12. The highest BCUT2D eigenvalue weighted by Crippen LogP contribution is 2.11. The van der Waals surface area contributed by atoms with Gasteiger partial charge < -0.3 is 10.2 Å². The summed E-state index contributed by atoms with van der Waals surface area (Å²) in [6.07, 6.45) is 5.80. The van der Waals surface area contributed by atoms with Crippen LogP contribution in [0.2, 0.25) is 0 Å². The molecule has 0 aliphatic rings. The second kappa shape index (κ2) is 13.0. The molecule has 0 aromatic carbocycles. The summed E-state index contributed by atoms with van der Waals surface area (Å²) in [6, 6.07) is 0. The van der Waals surface area contributed by atoms with Gasteiger partial charge in [-0.05, 0) is 19.3 Å². The maximum Gasteiger partial charge on any atom is 0.306 e. The van der Waals surface area contributed by atoms with E-state index >= 15 is 0 Å². The molecule has 0 aliphatic carbocycles. The fraction of sp³-hybridized carbons (Fsp3) is 0.846. The highest BCUT2D eigenvalue weighted by molar-refractivity contribution is 5.69. The number of carbonyl (C=O) groups is 2. The molecule has 1 atom stereocenters. The molecule has 0 aromatic heterocycles. The molecule has 0 saturated carbocycles. The van der Waals surface area contributed by atoms with Crippen LogP contribution < -0.4 is 0 Å². The van der Waals surface area contributed by atoms with Crippen LogP contribution in [0.25, 0.3) is 0 Å². The van der Waals surface area contributed by atoms with Crippen molar-refractivity contribution < 1.29 is 19.8 Å². The first-order valence-corrected chi connectivity index (χ1v) is 6.44. The molecule has 0 heterocycles. The predicted octanol–water partition coefficient (Wildman–Crippen LogP) is 3.55. The summed E-state index contributed by atoms with van der Waals surface area (Å²) in [5, 5.41) is 16.6. The van der Waals surface area contributed by atoms with Crippen molar-refractivity contribution in [2.45, 2.75) is 65.7 Å². The van der Waals surface area contributed by atoms with E-state index in [2.05, 4.69) is 6.92 Å². The van der Waals surface area contributed by atoms with Gasteiger partial charge in [0.25, 0.3) is 0 Å². The van der Waals surface area contributed by atoms with Crippen molar-refractivity contribution in [3.05, 3.63) is 0 Å². The molecule has 1 unspecified atom stereocenters. The van der Waals surface area contributed by atoms with Gasteiger partial charge in [0.1, 0.15) is 0 Å². The number of aliphatic carboxylic acids is 2. The molecule has 4 nitrogen and oxygen atoms in total. The molecular weight excluding hydrogens is 220 g/mol. The molecular formula is C13H26O4. The van der Waals surface area contributed by atoms with Crippen LogP contribution in [0.3, 0.4) is 0 Å². The third kappa shape index (κ3) is 14.9. The van der Waals surface area contributed by atoms with E-state index in [9.17, 15) is 9.59 Å². The molecule has 0 aliphatic heterocycles. The lowest BCUT2D eigenvalue weighted by molar-refractivity contribution is -0.142. The zero-order valence-electron chi connectivity index (χ0n) is 11.2. The van der Waals surface area contributed by atoms with Crippen LogP contribution in [0.5, 0.6) is 0 Å². The monoisotopic (exact) mass is 246 g/mol. The van der Waals surface area contributed by atoms with Gasteiger partial charge in [-0.3, -0.25) is 9.59 Å². The van der Waals surface area contributed by atoms with Gasteiger partial charge in [0.05, 0.1) is 5.92 Å². The first kappa shape index (κ1) is 18.3. The molecule has 102 valence electrons. The fourth-order valence-electron chi connectivity index (χ4n) is 1.28. The lowest BCUT2D eigenvalue weighted by Gasteiger charge is -2.06. The Labute approximate surface area is 104 Å². The third-order valence-corrected chi connectivity index (χ3v) is 2.49. The van der Waals surface area contributed by atoms with Gasteiger partial charge in [0, 0.05) is 6.42 Å². The predicted molar refractivity (Wildman–Crippen MR) is 68.1 cm³/mol. The summed E-state index contributed by atoms with van der Waals surface area (Å²) in [5.41, 5.74) is 0. The quantitative estimate of drug-likeness (QED) is 0.686. The molecule has 0 bridgehead atoms. The Kier molecular flexibility index (Phi) is 14.0. The number of rotatable bonds is 8. The van der Waals surface area contributed by atoms with Crippen LogP contribution in [-0.4, -0.2) is 22.2 Å². The second-order valence-electron chi connectivity index (χ2n) is 4.08. The average molecular weight is 246 g/mol. The Bertz CT molecular complexity index is 202. The molecule has 0 rings (SSSR count). The Hall–Kier alpha value is -1.06. The first-order valence-electron chi connectivity index (χ1n) is 6.44. The van der Waals surface area contributed by atoms with Gasteiger partial charge in [-0.2, -0.15) is 0 Å². The van der Waals surface area contributed by atoms with Gasteiger partial charge in [-0.25, -0.2) is 0 Å². The summed E-state index contributed by atoms with van der Waals surface area (Å²) >= 11 is 0. The summed E-state index contributed by atoms with van der Waals surface area (Å²) < 4.78 is 0. The number of unbranched alkanes of at least 4 members (excludes halogenated alkanes) is 2. The maximum absolute atomic E-state index is 10.4. The summed E-state index contributed by atoms with van der Waals surface area (Å²) in [7, 11) is 0. The van der Waals surface area contributed by atoms with Gasteiger partial charge in [-0.1, -0.05) is 40.0 Å². The number of hydrogen-bond donors (Lipinski definition) is 2. The van der Waals surface area contributed by atoms with Gasteiger partial charge in [-0.15, -0.1) is 0 Å². The lowest BCUT2D eigenvalue weighted by Crippen LogP contribution is -2.11. The zero-order valence-corrected chi connectivity index (χ0v) is 11.2. The molecule has 0 fully saturated rings. The number of hydrogen-bond acceptors (Lipinski definition) is 2. The van der Waals surface area contributed by atoms with Crippen LogP contribution in [0.15, 0.2) is 0 Å². The van der Waals surface area contributed by atoms with E-state index in [1.54, 1.807) is 0 Å². The normalized spacial score (nSPS) is 11.2. The minimum absolute atomic E-state index is 0.111. The molecule has 0 aromatic rings. The maximum atomic E-state index is 10.4. The van der Waals surface area contributed by atoms with Crippen molar-refractivity contribution in [3.63, 3.8) is 0 Å². The van der Waals surface area contributed by atoms with E-state index in [0.717, 1.165) is 38.5 Å². The first-order chi connectivity index (χ1) is 7.99. The molecule has 4 heteroatoms. The summed E-state index contributed by atoms with van der Waals surface area (Å²) in [5.74, 6) is -1.45. The van der Waals surface area contributed by atoms with Crippen molar-refractivity contribution in [3.8, 4) is 0 Å². The standard InChI is InChI=1S/C8H16O2.C5H10O2/c1-3-5-6-7(4-2)8(9)10;1-2-3-4-5(6)7/h7H,3-6H2,1-2H3,(H,9,10);2-4H2,1H3,(H,6,7). The van der Waals surface area contributed by atoms with Crippen molar-refractivity contribution >= 4 is 11.9 Å². The lowest BCUT2D eigenvalue weighted by atomic mass is 10.00. The molecule has 2 N–H and O–H groups in total. The molecule has 17 heavy (non-hydrogen) atoms. The molecule has 0 amide bonds. The Morgan fingerprint density at radius 3 is 1.76 bits per heavy atom. The van der Waals surface area contributed by atoms with E-state index < -0.39 is 11.9 Å². The largest absolute Gasteiger partial charge is 0.481 e. The van der Waals surface area contributed by atoms with Crippen LogP contribution >= 0.6 is 0 Å². The Balaban J connectivity index is 0. The fourth-order valence-corrected chi connectivity index (χ4v) is 1.28. The van der Waals surface area contributed by atoms with Crippen LogP contribution in [0.4, 0.5) is 0 Å². The number of carboxylic acid groups (broad SMARTS) is 2. The Morgan fingerprint density at radius 1 is 1.00 bits per heavy atom. The molecule has 0 saturated heterocycles. The van der Waals surface area contributed by atoms with Gasteiger partial charge in [0.2, 0.25) is 0 Å². The van der Waals surface area contributed by atoms with E-state index in [1.807, 2.05) is 13.8 Å². The van der Waals surface area contributed by atoms with Crippen molar-refractivity contribution in [2.24, 2.45) is 5.92 Å². The van der Waals surface area contributed by atoms with Crippen molar-refractivity contribution in [1.82, 2.24) is 0 Å². The SMILES string of the molecule is CCCCC(=O)O.CCCCC(CC)C(=O)O. The van der Waals surface area contributed by atoms with Crippen LogP contribution in [0.1, 0.15) is 65.7 Å². The van der Waals surface area contributed by atoms with E-state index in [4.69, 9.17) is 10.2 Å². The van der Waals surface area contributed by atoms with E-state index in [1.165, 1.54) is 0 Å². The minimum Gasteiger partial charge on any atom is -0.481 e. The van der Waals surface area contributed by atoms with Crippen LogP contribution in [0, 0.1) is 5.92 Å². The highest BCUT2D eigenvalue weighted by atomic mass is 16.4. The van der Waals surface area contributed by atoms with Gasteiger partial charge in [0.15, 0.2) is 0 Å². The molecule has 0 spiro atoms. The average Bonchev–Trinajstić information content (AvgIpc) is 2.27. The van der Waals surface area contributed by atoms with Crippen molar-refractivity contribution in [1.29, 1.82) is 0 Å². The Morgan fingerprint density at radius 2 is 1.53 bits per heavy atom. The summed E-state index contributed by atoms with van der Waals surface area (Å²) in [4.78, 5) is 20.2. The van der Waals surface area contributed by atoms with Gasteiger partial charge >= 0.3 is 11.9 Å².